The summed E-state index contributed by atoms with van der Waals surface area (Å²) in [5.41, 5.74) is 2.19. The zero-order valence-electron chi connectivity index (χ0n) is 15.3. The number of anilines is 1. The van der Waals surface area contributed by atoms with E-state index in [4.69, 9.17) is 9.47 Å². The maximum Gasteiger partial charge on any atom is 0.169 e. The highest BCUT2D eigenvalue weighted by Crippen LogP contribution is 2.30. The lowest BCUT2D eigenvalue weighted by Crippen LogP contribution is -2.37. The SMILES string of the molecule is CCN(c1ccccc1OCc1ccccc1)C(C)Oc1ccccc1. The molecule has 26 heavy (non-hydrogen) atoms. The number of benzene rings is 3. The first-order valence-corrected chi connectivity index (χ1v) is 9.02. The van der Waals surface area contributed by atoms with Crippen molar-refractivity contribution in [1.82, 2.24) is 0 Å². The van der Waals surface area contributed by atoms with Gasteiger partial charge in [-0.1, -0.05) is 60.7 Å². The Kier molecular flexibility index (Phi) is 6.15. The van der Waals surface area contributed by atoms with Gasteiger partial charge in [0.2, 0.25) is 0 Å². The predicted octanol–water partition coefficient (Wildman–Crippen LogP) is 5.52. The van der Waals surface area contributed by atoms with Crippen molar-refractivity contribution in [3.8, 4) is 11.5 Å². The molecule has 0 amide bonds. The van der Waals surface area contributed by atoms with E-state index in [2.05, 4.69) is 36.9 Å². The Bertz CT molecular complexity index is 790. The Labute approximate surface area is 155 Å². The van der Waals surface area contributed by atoms with E-state index in [0.29, 0.717) is 6.61 Å². The van der Waals surface area contributed by atoms with Gasteiger partial charge in [-0.2, -0.15) is 0 Å². The predicted molar refractivity (Wildman–Crippen MR) is 107 cm³/mol. The monoisotopic (exact) mass is 347 g/mol. The minimum Gasteiger partial charge on any atom is -0.487 e. The summed E-state index contributed by atoms with van der Waals surface area (Å²) in [4.78, 5) is 2.20. The van der Waals surface area contributed by atoms with Gasteiger partial charge in [0.25, 0.3) is 0 Å². The summed E-state index contributed by atoms with van der Waals surface area (Å²) in [7, 11) is 0. The topological polar surface area (TPSA) is 21.7 Å². The minimum absolute atomic E-state index is 0.108. The van der Waals surface area contributed by atoms with Crippen LogP contribution in [0.25, 0.3) is 0 Å². The van der Waals surface area contributed by atoms with E-state index < -0.39 is 0 Å². The fourth-order valence-electron chi connectivity index (χ4n) is 2.93. The van der Waals surface area contributed by atoms with E-state index in [-0.39, 0.29) is 6.23 Å². The zero-order chi connectivity index (χ0) is 18.2. The van der Waals surface area contributed by atoms with Gasteiger partial charge in [-0.3, -0.25) is 0 Å². The summed E-state index contributed by atoms with van der Waals surface area (Å²) in [6, 6.07) is 28.2. The van der Waals surface area contributed by atoms with Crippen LogP contribution in [0.2, 0.25) is 0 Å². The van der Waals surface area contributed by atoms with Gasteiger partial charge in [0, 0.05) is 6.54 Å². The summed E-state index contributed by atoms with van der Waals surface area (Å²) in [6.45, 7) is 5.55. The molecule has 0 aromatic heterocycles. The first kappa shape index (κ1) is 17.9. The van der Waals surface area contributed by atoms with E-state index >= 15 is 0 Å². The second kappa shape index (κ2) is 8.95. The van der Waals surface area contributed by atoms with Crippen LogP contribution in [0.4, 0.5) is 5.69 Å². The van der Waals surface area contributed by atoms with Crippen molar-refractivity contribution in [3.63, 3.8) is 0 Å². The number of hydrogen-bond acceptors (Lipinski definition) is 3. The molecule has 1 atom stereocenters. The first-order chi connectivity index (χ1) is 12.8. The molecular formula is C23H25NO2. The Morgan fingerprint density at radius 1 is 0.808 bits per heavy atom. The number of para-hydroxylation sites is 3. The van der Waals surface area contributed by atoms with Crippen molar-refractivity contribution >= 4 is 5.69 Å². The maximum absolute atomic E-state index is 6.11. The molecule has 0 fully saturated rings. The quantitative estimate of drug-likeness (QED) is 0.501. The maximum atomic E-state index is 6.11. The number of nitrogens with zero attached hydrogens (tertiary/aromatic N) is 1. The minimum atomic E-state index is -0.108. The molecule has 0 N–H and O–H groups in total. The van der Waals surface area contributed by atoms with E-state index in [9.17, 15) is 0 Å². The molecule has 0 saturated heterocycles. The zero-order valence-corrected chi connectivity index (χ0v) is 15.3. The average molecular weight is 347 g/mol. The van der Waals surface area contributed by atoms with Crippen LogP contribution in [0.5, 0.6) is 11.5 Å². The van der Waals surface area contributed by atoms with Gasteiger partial charge in [0.15, 0.2) is 6.23 Å². The van der Waals surface area contributed by atoms with E-state index in [1.807, 2.05) is 66.7 Å². The Balaban J connectivity index is 1.75. The van der Waals surface area contributed by atoms with E-state index in [1.54, 1.807) is 0 Å². The molecule has 0 aliphatic rings. The largest absolute Gasteiger partial charge is 0.487 e. The third-order valence-electron chi connectivity index (χ3n) is 4.24. The van der Waals surface area contributed by atoms with Crippen LogP contribution in [0.1, 0.15) is 19.4 Å². The molecule has 0 radical (unpaired) electrons. The molecule has 0 aliphatic carbocycles. The molecule has 0 saturated carbocycles. The van der Waals surface area contributed by atoms with Crippen molar-refractivity contribution in [2.75, 3.05) is 11.4 Å². The molecule has 0 heterocycles. The molecule has 0 spiro atoms. The van der Waals surface area contributed by atoms with Crippen molar-refractivity contribution in [1.29, 1.82) is 0 Å². The fourth-order valence-corrected chi connectivity index (χ4v) is 2.93. The fraction of sp³-hybridized carbons (Fsp3) is 0.217. The van der Waals surface area contributed by atoms with Crippen LogP contribution in [0, 0.1) is 0 Å². The van der Waals surface area contributed by atoms with Gasteiger partial charge in [0.05, 0.1) is 5.69 Å². The van der Waals surface area contributed by atoms with Gasteiger partial charge in [0.1, 0.15) is 18.1 Å². The van der Waals surface area contributed by atoms with Gasteiger partial charge >= 0.3 is 0 Å². The normalized spacial score (nSPS) is 11.6. The number of ether oxygens (including phenoxy) is 2. The van der Waals surface area contributed by atoms with Crippen LogP contribution in [-0.4, -0.2) is 12.8 Å². The summed E-state index contributed by atoms with van der Waals surface area (Å²) in [5.74, 6) is 1.72. The Hall–Kier alpha value is -2.94. The number of hydrogen-bond donors (Lipinski definition) is 0. The smallest absolute Gasteiger partial charge is 0.169 e. The summed E-state index contributed by atoms with van der Waals surface area (Å²) >= 11 is 0. The standard InChI is InChI=1S/C23H25NO2/c1-3-24(19(2)26-21-14-8-5-9-15-21)22-16-10-11-17-23(22)25-18-20-12-6-4-7-13-20/h4-17,19H,3,18H2,1-2H3. The van der Waals surface area contributed by atoms with Crippen molar-refractivity contribution in [2.45, 2.75) is 26.7 Å². The summed E-state index contributed by atoms with van der Waals surface area (Å²) in [6.07, 6.45) is -0.108. The van der Waals surface area contributed by atoms with E-state index in [1.165, 1.54) is 0 Å². The van der Waals surface area contributed by atoms with Crippen LogP contribution in [0.15, 0.2) is 84.9 Å². The lowest BCUT2D eigenvalue weighted by molar-refractivity contribution is 0.214. The Morgan fingerprint density at radius 2 is 1.42 bits per heavy atom. The van der Waals surface area contributed by atoms with Crippen LogP contribution in [-0.2, 0) is 6.61 Å². The summed E-state index contributed by atoms with van der Waals surface area (Å²) < 4.78 is 12.2. The van der Waals surface area contributed by atoms with Gasteiger partial charge in [-0.15, -0.1) is 0 Å². The van der Waals surface area contributed by atoms with Gasteiger partial charge < -0.3 is 14.4 Å². The second-order valence-electron chi connectivity index (χ2n) is 6.06. The van der Waals surface area contributed by atoms with E-state index in [0.717, 1.165) is 29.3 Å². The number of rotatable bonds is 8. The summed E-state index contributed by atoms with van der Waals surface area (Å²) in [5, 5.41) is 0. The van der Waals surface area contributed by atoms with Crippen molar-refractivity contribution in [3.05, 3.63) is 90.5 Å². The lowest BCUT2D eigenvalue weighted by atomic mass is 10.2. The third kappa shape index (κ3) is 4.57. The molecule has 3 rings (SSSR count). The van der Waals surface area contributed by atoms with Crippen LogP contribution < -0.4 is 14.4 Å². The van der Waals surface area contributed by atoms with Crippen LogP contribution >= 0.6 is 0 Å². The third-order valence-corrected chi connectivity index (χ3v) is 4.24. The van der Waals surface area contributed by atoms with Crippen molar-refractivity contribution in [2.24, 2.45) is 0 Å². The molecule has 3 aromatic carbocycles. The van der Waals surface area contributed by atoms with Gasteiger partial charge in [-0.25, -0.2) is 0 Å². The first-order valence-electron chi connectivity index (χ1n) is 9.02. The Morgan fingerprint density at radius 3 is 2.12 bits per heavy atom. The molecule has 1 unspecified atom stereocenters. The molecule has 3 nitrogen and oxygen atoms in total. The second-order valence-corrected chi connectivity index (χ2v) is 6.06. The molecule has 3 heteroatoms. The lowest BCUT2D eigenvalue weighted by Gasteiger charge is -2.31. The average Bonchev–Trinajstić information content (AvgIpc) is 2.69. The molecule has 0 bridgehead atoms. The molecule has 134 valence electrons. The highest BCUT2D eigenvalue weighted by molar-refractivity contribution is 5.58. The van der Waals surface area contributed by atoms with Crippen LogP contribution in [0.3, 0.4) is 0 Å². The highest BCUT2D eigenvalue weighted by atomic mass is 16.5. The molecular weight excluding hydrogens is 322 g/mol. The molecule has 0 aliphatic heterocycles. The highest BCUT2D eigenvalue weighted by Gasteiger charge is 2.18. The molecule has 3 aromatic rings. The van der Waals surface area contributed by atoms with Crippen molar-refractivity contribution < 1.29 is 9.47 Å². The van der Waals surface area contributed by atoms with Gasteiger partial charge in [-0.05, 0) is 43.7 Å².